The molecule has 2 heterocycles. The molecular formula is C17H15ClF3N3O3S. The number of piperazine rings is 1. The van der Waals surface area contributed by atoms with E-state index in [1.54, 1.807) is 0 Å². The highest BCUT2D eigenvalue weighted by atomic mass is 35.5. The molecule has 1 aliphatic rings. The van der Waals surface area contributed by atoms with Gasteiger partial charge in [-0.2, -0.15) is 17.5 Å². The van der Waals surface area contributed by atoms with Crippen LogP contribution in [0.1, 0.15) is 16.1 Å². The van der Waals surface area contributed by atoms with Gasteiger partial charge in [-0.25, -0.2) is 8.42 Å². The summed E-state index contributed by atoms with van der Waals surface area (Å²) >= 11 is 5.85. The van der Waals surface area contributed by atoms with Crippen LogP contribution in [0.4, 0.5) is 13.2 Å². The Kier molecular flexibility index (Phi) is 5.64. The molecule has 0 aliphatic carbocycles. The number of pyridine rings is 1. The van der Waals surface area contributed by atoms with Crippen LogP contribution in [0.2, 0.25) is 5.02 Å². The second kappa shape index (κ2) is 7.69. The summed E-state index contributed by atoms with van der Waals surface area (Å²) in [7, 11) is -3.95. The van der Waals surface area contributed by atoms with E-state index >= 15 is 0 Å². The van der Waals surface area contributed by atoms with Gasteiger partial charge < -0.3 is 4.90 Å². The summed E-state index contributed by atoms with van der Waals surface area (Å²) in [6.07, 6.45) is -3.14. The van der Waals surface area contributed by atoms with Gasteiger partial charge in [0.15, 0.2) is 0 Å². The largest absolute Gasteiger partial charge is 0.416 e. The van der Waals surface area contributed by atoms with Crippen molar-refractivity contribution in [3.8, 4) is 0 Å². The number of amides is 1. The van der Waals surface area contributed by atoms with E-state index in [0.29, 0.717) is 5.02 Å². The molecule has 1 aromatic heterocycles. The molecule has 0 atom stereocenters. The molecule has 1 fully saturated rings. The number of carbonyl (C=O) groups is 1. The zero-order chi connectivity index (χ0) is 20.5. The molecule has 0 bridgehead atoms. The molecule has 0 saturated carbocycles. The van der Waals surface area contributed by atoms with Crippen LogP contribution >= 0.6 is 11.6 Å². The lowest BCUT2D eigenvalue weighted by Crippen LogP contribution is -2.50. The number of benzene rings is 1. The van der Waals surface area contributed by atoms with E-state index in [2.05, 4.69) is 4.98 Å². The molecular weight excluding hydrogens is 419 g/mol. The number of hydrogen-bond donors (Lipinski definition) is 0. The second-order valence-corrected chi connectivity index (χ2v) is 8.45. The summed E-state index contributed by atoms with van der Waals surface area (Å²) in [5.74, 6) is -0.367. The zero-order valence-corrected chi connectivity index (χ0v) is 15.9. The van der Waals surface area contributed by atoms with E-state index in [9.17, 15) is 26.4 Å². The zero-order valence-electron chi connectivity index (χ0n) is 14.4. The van der Waals surface area contributed by atoms with Crippen molar-refractivity contribution in [1.29, 1.82) is 0 Å². The Labute approximate surface area is 164 Å². The highest BCUT2D eigenvalue weighted by Crippen LogP contribution is 2.30. The van der Waals surface area contributed by atoms with E-state index in [1.807, 2.05) is 0 Å². The average Bonchev–Trinajstić information content (AvgIpc) is 2.67. The first-order valence-corrected chi connectivity index (χ1v) is 9.99. The van der Waals surface area contributed by atoms with Gasteiger partial charge in [-0.05, 0) is 36.4 Å². The summed E-state index contributed by atoms with van der Waals surface area (Å²) in [6, 6.07) is 6.30. The Morgan fingerprint density at radius 3 is 2.18 bits per heavy atom. The van der Waals surface area contributed by atoms with Gasteiger partial charge in [-0.15, -0.1) is 0 Å². The molecule has 0 spiro atoms. The molecule has 0 unspecified atom stereocenters. The van der Waals surface area contributed by atoms with Crippen molar-refractivity contribution >= 4 is 27.5 Å². The average molecular weight is 434 g/mol. The maximum absolute atomic E-state index is 12.7. The van der Waals surface area contributed by atoms with Crippen molar-refractivity contribution in [2.75, 3.05) is 26.2 Å². The predicted molar refractivity (Wildman–Crippen MR) is 95.4 cm³/mol. The van der Waals surface area contributed by atoms with Crippen LogP contribution in [0, 0.1) is 0 Å². The summed E-state index contributed by atoms with van der Waals surface area (Å²) in [6.45, 7) is 0.311. The predicted octanol–water partition coefficient (Wildman–Crippen LogP) is 2.90. The summed E-state index contributed by atoms with van der Waals surface area (Å²) in [5, 5.41) is 0.363. The Morgan fingerprint density at radius 2 is 1.64 bits per heavy atom. The van der Waals surface area contributed by atoms with Crippen molar-refractivity contribution in [3.05, 3.63) is 58.9 Å². The minimum Gasteiger partial charge on any atom is -0.335 e. The van der Waals surface area contributed by atoms with Gasteiger partial charge in [-0.1, -0.05) is 11.6 Å². The van der Waals surface area contributed by atoms with Gasteiger partial charge in [0.1, 0.15) is 5.69 Å². The smallest absolute Gasteiger partial charge is 0.335 e. The van der Waals surface area contributed by atoms with Crippen LogP contribution in [-0.2, 0) is 16.2 Å². The third-order valence-corrected chi connectivity index (χ3v) is 6.43. The molecule has 150 valence electrons. The second-order valence-electron chi connectivity index (χ2n) is 6.08. The lowest BCUT2D eigenvalue weighted by atomic mass is 10.2. The first kappa shape index (κ1) is 20.6. The van der Waals surface area contributed by atoms with Gasteiger partial charge in [0.2, 0.25) is 10.0 Å². The lowest BCUT2D eigenvalue weighted by molar-refractivity contribution is -0.137. The third-order valence-electron chi connectivity index (χ3n) is 4.29. The number of halogens is 4. The van der Waals surface area contributed by atoms with Crippen molar-refractivity contribution in [3.63, 3.8) is 0 Å². The standard InChI is InChI=1S/C17H15ClF3N3O3S/c18-13-5-6-22-15(11-13)16(25)23-7-9-24(10-8-23)28(26,27)14-3-1-12(2-4-14)17(19,20)21/h1-6,11H,7-10H2. The highest BCUT2D eigenvalue weighted by Gasteiger charge is 2.33. The van der Waals surface area contributed by atoms with Crippen molar-refractivity contribution in [1.82, 2.24) is 14.2 Å². The summed E-state index contributed by atoms with van der Waals surface area (Å²) < 4.78 is 64.4. The summed E-state index contributed by atoms with van der Waals surface area (Å²) in [5.41, 5.74) is -0.762. The number of aromatic nitrogens is 1. The number of alkyl halides is 3. The molecule has 1 aliphatic heterocycles. The maximum Gasteiger partial charge on any atom is 0.416 e. The number of carbonyl (C=O) groups excluding carboxylic acids is 1. The van der Waals surface area contributed by atoms with Crippen LogP contribution in [-0.4, -0.2) is 54.7 Å². The lowest BCUT2D eigenvalue weighted by Gasteiger charge is -2.33. The molecule has 1 saturated heterocycles. The SMILES string of the molecule is O=C(c1cc(Cl)ccn1)N1CCN(S(=O)(=O)c2ccc(C(F)(F)F)cc2)CC1. The normalized spacial score (nSPS) is 16.2. The molecule has 2 aromatic rings. The third kappa shape index (κ3) is 4.29. The quantitative estimate of drug-likeness (QED) is 0.746. The van der Waals surface area contributed by atoms with Gasteiger partial charge in [0.25, 0.3) is 5.91 Å². The van der Waals surface area contributed by atoms with Gasteiger partial charge in [0, 0.05) is 37.4 Å². The number of rotatable bonds is 3. The van der Waals surface area contributed by atoms with Crippen molar-refractivity contribution in [2.24, 2.45) is 0 Å². The first-order valence-electron chi connectivity index (χ1n) is 8.17. The Morgan fingerprint density at radius 1 is 1.04 bits per heavy atom. The van der Waals surface area contributed by atoms with E-state index in [0.717, 1.165) is 28.6 Å². The van der Waals surface area contributed by atoms with Crippen LogP contribution < -0.4 is 0 Å². The minimum absolute atomic E-state index is 0.0235. The summed E-state index contributed by atoms with van der Waals surface area (Å²) in [4.78, 5) is 17.6. The number of sulfonamides is 1. The van der Waals surface area contributed by atoms with Crippen LogP contribution in [0.5, 0.6) is 0 Å². The Balaban J connectivity index is 1.69. The highest BCUT2D eigenvalue weighted by molar-refractivity contribution is 7.89. The van der Waals surface area contributed by atoms with Crippen LogP contribution in [0.3, 0.4) is 0 Å². The fourth-order valence-corrected chi connectivity index (χ4v) is 4.36. The van der Waals surface area contributed by atoms with Crippen LogP contribution in [0.15, 0.2) is 47.5 Å². The molecule has 1 aromatic carbocycles. The maximum atomic E-state index is 12.7. The van der Waals surface area contributed by atoms with E-state index in [-0.39, 0.29) is 42.7 Å². The topological polar surface area (TPSA) is 70.6 Å². The number of hydrogen-bond acceptors (Lipinski definition) is 4. The Bertz CT molecular complexity index is 973. The van der Waals surface area contributed by atoms with Crippen LogP contribution in [0.25, 0.3) is 0 Å². The van der Waals surface area contributed by atoms with Gasteiger partial charge in [0.05, 0.1) is 10.5 Å². The molecule has 0 N–H and O–H groups in total. The molecule has 6 nitrogen and oxygen atoms in total. The van der Waals surface area contributed by atoms with Gasteiger partial charge >= 0.3 is 6.18 Å². The molecule has 28 heavy (non-hydrogen) atoms. The van der Waals surface area contributed by atoms with E-state index in [4.69, 9.17) is 11.6 Å². The van der Waals surface area contributed by atoms with E-state index < -0.39 is 21.8 Å². The van der Waals surface area contributed by atoms with Crippen molar-refractivity contribution < 1.29 is 26.4 Å². The molecule has 11 heteroatoms. The molecule has 0 radical (unpaired) electrons. The van der Waals surface area contributed by atoms with Crippen molar-refractivity contribution in [2.45, 2.75) is 11.1 Å². The fraction of sp³-hybridized carbons (Fsp3) is 0.294. The van der Waals surface area contributed by atoms with E-state index in [1.165, 1.54) is 23.2 Å². The Hall–Kier alpha value is -2.17. The monoisotopic (exact) mass is 433 g/mol. The fourth-order valence-electron chi connectivity index (χ4n) is 2.78. The molecule has 1 amide bonds. The number of nitrogens with zero attached hydrogens (tertiary/aromatic N) is 3. The molecule has 3 rings (SSSR count). The van der Waals surface area contributed by atoms with Gasteiger partial charge in [-0.3, -0.25) is 9.78 Å². The minimum atomic E-state index is -4.54. The first-order chi connectivity index (χ1) is 13.1.